The number of nitro groups is 2. The number of carbonyl (C=O) groups excluding carboxylic acids is 1. The zero-order valence-electron chi connectivity index (χ0n) is 14.3. The summed E-state index contributed by atoms with van der Waals surface area (Å²) in [6.07, 6.45) is 5.66. The molecule has 0 unspecified atom stereocenters. The van der Waals surface area contributed by atoms with Crippen molar-refractivity contribution in [2.75, 3.05) is 0 Å². The number of thioether (sulfide) groups is 1. The number of furan rings is 1. The van der Waals surface area contributed by atoms with E-state index in [-0.39, 0.29) is 26.6 Å². The summed E-state index contributed by atoms with van der Waals surface area (Å²) in [5.74, 6) is -0.603. The molecule has 0 bridgehead atoms. The van der Waals surface area contributed by atoms with Crippen molar-refractivity contribution in [3.63, 3.8) is 0 Å². The fourth-order valence-electron chi connectivity index (χ4n) is 2.21. The van der Waals surface area contributed by atoms with Crippen LogP contribution in [0.2, 0.25) is 0 Å². The van der Waals surface area contributed by atoms with Gasteiger partial charge in [0.05, 0.1) is 15.9 Å². The zero-order chi connectivity index (χ0) is 21.0. The van der Waals surface area contributed by atoms with Gasteiger partial charge < -0.3 is 4.42 Å². The third-order valence-electron chi connectivity index (χ3n) is 3.47. The van der Waals surface area contributed by atoms with E-state index in [9.17, 15) is 25.0 Å². The van der Waals surface area contributed by atoms with E-state index in [1.54, 1.807) is 6.07 Å². The predicted molar refractivity (Wildman–Crippen MR) is 111 cm³/mol. The first-order valence-electron chi connectivity index (χ1n) is 7.82. The lowest BCUT2D eigenvalue weighted by atomic mass is 10.2. The van der Waals surface area contributed by atoms with Crippen molar-refractivity contribution in [2.45, 2.75) is 0 Å². The van der Waals surface area contributed by atoms with Gasteiger partial charge in [0.1, 0.15) is 10.7 Å². The molecular formula is C17H10N4O6S2. The van der Waals surface area contributed by atoms with Crippen molar-refractivity contribution in [3.05, 3.63) is 78.9 Å². The van der Waals surface area contributed by atoms with Gasteiger partial charge in [-0.05, 0) is 42.1 Å². The van der Waals surface area contributed by atoms with Gasteiger partial charge in [-0.2, -0.15) is 10.1 Å². The molecule has 0 saturated carbocycles. The monoisotopic (exact) mass is 430 g/mol. The Balaban J connectivity index is 1.70. The minimum absolute atomic E-state index is 0.0875. The van der Waals surface area contributed by atoms with Gasteiger partial charge in [-0.1, -0.05) is 23.9 Å². The fourth-order valence-corrected chi connectivity index (χ4v) is 3.38. The van der Waals surface area contributed by atoms with Crippen LogP contribution in [0.1, 0.15) is 11.3 Å². The Kier molecular flexibility index (Phi) is 5.95. The lowest BCUT2D eigenvalue weighted by molar-refractivity contribution is -0.402. The number of hydrogen-bond acceptors (Lipinski definition) is 9. The maximum absolute atomic E-state index is 12.5. The average Bonchev–Trinajstić information content (AvgIpc) is 3.25. The van der Waals surface area contributed by atoms with Crippen molar-refractivity contribution in [3.8, 4) is 0 Å². The first-order chi connectivity index (χ1) is 13.8. The standard InChI is InChI=1S/C17H10N4O6S2/c22-16-14(10-11-3-1-4-12(9-11)20(23)24)29-17(28)19(16)18-8-2-5-13-6-7-15(27-13)21(25)26/h1-10H/b5-2+,14-10+,18-8+. The van der Waals surface area contributed by atoms with Gasteiger partial charge in [0.25, 0.3) is 11.6 Å². The van der Waals surface area contributed by atoms with Crippen molar-refractivity contribution >= 4 is 64.1 Å². The van der Waals surface area contributed by atoms with E-state index >= 15 is 0 Å². The van der Waals surface area contributed by atoms with E-state index in [1.807, 2.05) is 0 Å². The normalized spacial score (nSPS) is 15.9. The van der Waals surface area contributed by atoms with Crippen LogP contribution >= 0.6 is 24.0 Å². The molecule has 0 atom stereocenters. The van der Waals surface area contributed by atoms with Crippen molar-refractivity contribution in [1.82, 2.24) is 5.01 Å². The number of rotatable bonds is 6. The first-order valence-corrected chi connectivity index (χ1v) is 9.05. The van der Waals surface area contributed by atoms with Crippen LogP contribution in [0.15, 0.2) is 56.9 Å². The molecule has 146 valence electrons. The molecule has 1 aromatic carbocycles. The highest BCUT2D eigenvalue weighted by atomic mass is 32.2. The van der Waals surface area contributed by atoms with E-state index in [0.29, 0.717) is 5.56 Å². The molecular weight excluding hydrogens is 420 g/mol. The van der Waals surface area contributed by atoms with Gasteiger partial charge in [0.2, 0.25) is 0 Å². The summed E-state index contributed by atoms with van der Waals surface area (Å²) in [4.78, 5) is 33.0. The van der Waals surface area contributed by atoms with Crippen LogP contribution in [0.3, 0.4) is 0 Å². The summed E-state index contributed by atoms with van der Waals surface area (Å²) in [7, 11) is 0. The molecule has 1 aliphatic rings. The van der Waals surface area contributed by atoms with Crippen LogP contribution in [-0.2, 0) is 4.79 Å². The molecule has 2 aromatic rings. The van der Waals surface area contributed by atoms with Gasteiger partial charge in [0.15, 0.2) is 4.32 Å². The Hall–Kier alpha value is -3.64. The summed E-state index contributed by atoms with van der Waals surface area (Å²) in [6, 6.07) is 8.50. The average molecular weight is 430 g/mol. The quantitative estimate of drug-likeness (QED) is 0.221. The van der Waals surface area contributed by atoms with E-state index in [2.05, 4.69) is 5.10 Å². The highest BCUT2D eigenvalue weighted by Gasteiger charge is 2.32. The third kappa shape index (κ3) is 4.80. The Morgan fingerprint density at radius 3 is 2.66 bits per heavy atom. The smallest absolute Gasteiger partial charge is 0.401 e. The predicted octanol–water partition coefficient (Wildman–Crippen LogP) is 4.00. The second-order valence-electron chi connectivity index (χ2n) is 5.40. The molecule has 0 N–H and O–H groups in total. The molecule has 0 spiro atoms. The van der Waals surface area contributed by atoms with Gasteiger partial charge in [-0.25, -0.2) is 0 Å². The minimum atomic E-state index is -0.654. The fraction of sp³-hybridized carbons (Fsp3) is 0. The van der Waals surface area contributed by atoms with Crippen LogP contribution in [0.25, 0.3) is 12.2 Å². The summed E-state index contributed by atoms with van der Waals surface area (Å²) >= 11 is 6.16. The lowest BCUT2D eigenvalue weighted by Crippen LogP contribution is -2.21. The van der Waals surface area contributed by atoms with E-state index < -0.39 is 15.8 Å². The van der Waals surface area contributed by atoms with E-state index in [4.69, 9.17) is 16.6 Å². The van der Waals surface area contributed by atoms with E-state index in [1.165, 1.54) is 54.8 Å². The number of nitrogens with zero attached hydrogens (tertiary/aromatic N) is 4. The Labute approximate surface area is 172 Å². The van der Waals surface area contributed by atoms with Crippen molar-refractivity contribution < 1.29 is 19.1 Å². The summed E-state index contributed by atoms with van der Waals surface area (Å²) < 4.78 is 5.15. The summed E-state index contributed by atoms with van der Waals surface area (Å²) in [5.41, 5.74) is 0.401. The maximum Gasteiger partial charge on any atom is 0.433 e. The number of benzene rings is 1. The third-order valence-corrected chi connectivity index (χ3v) is 4.76. The highest BCUT2D eigenvalue weighted by molar-refractivity contribution is 8.26. The summed E-state index contributed by atoms with van der Waals surface area (Å²) in [5, 5.41) is 26.4. The number of hydrogen-bond donors (Lipinski definition) is 0. The molecule has 0 aliphatic carbocycles. The van der Waals surface area contributed by atoms with Gasteiger partial charge >= 0.3 is 5.88 Å². The van der Waals surface area contributed by atoms with Crippen LogP contribution < -0.4 is 0 Å². The molecule has 2 heterocycles. The molecule has 12 heteroatoms. The lowest BCUT2D eigenvalue weighted by Gasteiger charge is -2.04. The second kappa shape index (κ2) is 8.58. The number of carbonyl (C=O) groups is 1. The van der Waals surface area contributed by atoms with Gasteiger partial charge in [-0.3, -0.25) is 25.0 Å². The number of allylic oxidation sites excluding steroid dienone is 1. The molecule has 1 amide bonds. The number of non-ortho nitro benzene ring substituents is 1. The Bertz CT molecular complexity index is 1100. The topological polar surface area (TPSA) is 132 Å². The largest absolute Gasteiger partial charge is 0.433 e. The van der Waals surface area contributed by atoms with Crippen molar-refractivity contribution in [1.29, 1.82) is 0 Å². The van der Waals surface area contributed by atoms with Crippen LogP contribution in [0.4, 0.5) is 11.6 Å². The summed E-state index contributed by atoms with van der Waals surface area (Å²) in [6.45, 7) is 0. The van der Waals surface area contributed by atoms with Crippen LogP contribution in [0, 0.1) is 20.2 Å². The van der Waals surface area contributed by atoms with Gasteiger partial charge in [-0.15, -0.1) is 0 Å². The maximum atomic E-state index is 12.5. The second-order valence-corrected chi connectivity index (χ2v) is 7.08. The number of nitro benzene ring substituents is 1. The molecule has 10 nitrogen and oxygen atoms in total. The molecule has 1 fully saturated rings. The first kappa shape index (κ1) is 20.1. The van der Waals surface area contributed by atoms with E-state index in [0.717, 1.165) is 16.8 Å². The number of hydrazone groups is 1. The molecule has 1 aromatic heterocycles. The zero-order valence-corrected chi connectivity index (χ0v) is 16.0. The van der Waals surface area contributed by atoms with Crippen LogP contribution in [0.5, 0.6) is 0 Å². The Morgan fingerprint density at radius 1 is 1.17 bits per heavy atom. The van der Waals surface area contributed by atoms with Crippen molar-refractivity contribution in [2.24, 2.45) is 5.10 Å². The number of thiocarbonyl (C=S) groups is 1. The van der Waals surface area contributed by atoms with Gasteiger partial charge in [0, 0.05) is 18.3 Å². The SMILES string of the molecule is O=C1/C(=C\c2cccc([N+](=O)[O-])c2)SC(=S)N1/N=C/C=C/c1ccc([N+](=O)[O-])o1. The molecule has 1 aliphatic heterocycles. The number of amides is 1. The molecule has 1 saturated heterocycles. The van der Waals surface area contributed by atoms with Crippen LogP contribution in [-0.4, -0.2) is 31.3 Å². The minimum Gasteiger partial charge on any atom is -0.401 e. The highest BCUT2D eigenvalue weighted by Crippen LogP contribution is 2.33. The molecule has 0 radical (unpaired) electrons. The molecule has 3 rings (SSSR count). The Morgan fingerprint density at radius 2 is 1.97 bits per heavy atom. The molecule has 29 heavy (non-hydrogen) atoms.